The Bertz CT molecular complexity index is 257. The number of carboxylic acid groups (broad SMARTS) is 1. The lowest BCUT2D eigenvalue weighted by Crippen LogP contribution is -2.44. The summed E-state index contributed by atoms with van der Waals surface area (Å²) in [6.07, 6.45) is 4.52. The lowest BCUT2D eigenvalue weighted by atomic mass is 9.99. The molecule has 0 aromatic rings. The van der Waals surface area contributed by atoms with Crippen LogP contribution in [0.25, 0.3) is 0 Å². The van der Waals surface area contributed by atoms with Gasteiger partial charge in [-0.15, -0.1) is 0 Å². The first-order valence-corrected chi connectivity index (χ1v) is 6.74. The van der Waals surface area contributed by atoms with E-state index in [1.165, 1.54) is 0 Å². The number of unbranched alkanes of at least 4 members (excludes halogenated alkanes) is 3. The Balaban J connectivity index is 3.49. The fourth-order valence-corrected chi connectivity index (χ4v) is 1.60. The van der Waals surface area contributed by atoms with Crippen LogP contribution in [0.4, 0.5) is 0 Å². The molecule has 0 fully saturated rings. The summed E-state index contributed by atoms with van der Waals surface area (Å²) in [5, 5.41) is 11.3. The predicted molar refractivity (Wildman–Crippen MR) is 71.2 cm³/mol. The van der Waals surface area contributed by atoms with Crippen LogP contribution in [0.3, 0.4) is 0 Å². The minimum absolute atomic E-state index is 0.0881. The van der Waals surface area contributed by atoms with Crippen LogP contribution < -0.4 is 11.1 Å². The van der Waals surface area contributed by atoms with Crippen molar-refractivity contribution in [1.29, 1.82) is 0 Å². The number of hydrogen-bond acceptors (Lipinski definition) is 3. The van der Waals surface area contributed by atoms with Gasteiger partial charge in [0.15, 0.2) is 0 Å². The summed E-state index contributed by atoms with van der Waals surface area (Å²) in [6.45, 7) is 4.60. The standard InChI is InChI=1S/C13H26N2O3/c1-3-10(2)12(14)13(18)15-9-7-5-4-6-8-11(16)17/h10,12H,3-9,14H2,1-2H3,(H,15,18)(H,16,17)/t10?,12-/m0/s1. The maximum atomic E-state index is 11.6. The topological polar surface area (TPSA) is 92.4 Å². The van der Waals surface area contributed by atoms with E-state index < -0.39 is 12.0 Å². The lowest BCUT2D eigenvalue weighted by molar-refractivity contribution is -0.137. The lowest BCUT2D eigenvalue weighted by Gasteiger charge is -2.17. The molecule has 0 rings (SSSR count). The summed E-state index contributed by atoms with van der Waals surface area (Å²) in [7, 11) is 0. The van der Waals surface area contributed by atoms with Crippen LogP contribution in [0.15, 0.2) is 0 Å². The third-order valence-electron chi connectivity index (χ3n) is 3.18. The molecule has 18 heavy (non-hydrogen) atoms. The highest BCUT2D eigenvalue weighted by Crippen LogP contribution is 2.05. The van der Waals surface area contributed by atoms with Gasteiger partial charge in [0.25, 0.3) is 0 Å². The Morgan fingerprint density at radius 2 is 1.83 bits per heavy atom. The van der Waals surface area contributed by atoms with Crippen molar-refractivity contribution in [1.82, 2.24) is 5.32 Å². The molecule has 5 heteroatoms. The molecule has 0 bridgehead atoms. The second kappa shape index (κ2) is 9.88. The summed E-state index contributed by atoms with van der Waals surface area (Å²) in [6, 6.07) is -0.429. The van der Waals surface area contributed by atoms with E-state index in [0.29, 0.717) is 13.0 Å². The number of nitrogens with two attached hydrogens (primary N) is 1. The van der Waals surface area contributed by atoms with Gasteiger partial charge in [0.05, 0.1) is 6.04 Å². The SMILES string of the molecule is CCC(C)[C@H](N)C(=O)NCCCCCCC(=O)O. The predicted octanol–water partition coefficient (Wildman–Crippen LogP) is 1.51. The van der Waals surface area contributed by atoms with E-state index in [1.807, 2.05) is 13.8 Å². The van der Waals surface area contributed by atoms with Crippen LogP contribution in [0, 0.1) is 5.92 Å². The highest BCUT2D eigenvalue weighted by atomic mass is 16.4. The quantitative estimate of drug-likeness (QED) is 0.518. The third-order valence-corrected chi connectivity index (χ3v) is 3.18. The zero-order valence-electron chi connectivity index (χ0n) is 11.4. The summed E-state index contributed by atoms with van der Waals surface area (Å²) in [5.41, 5.74) is 5.79. The molecule has 2 atom stereocenters. The Morgan fingerprint density at radius 3 is 2.39 bits per heavy atom. The number of nitrogens with one attached hydrogen (secondary N) is 1. The van der Waals surface area contributed by atoms with Crippen molar-refractivity contribution in [2.75, 3.05) is 6.54 Å². The highest BCUT2D eigenvalue weighted by Gasteiger charge is 2.18. The van der Waals surface area contributed by atoms with Gasteiger partial charge in [-0.05, 0) is 18.8 Å². The van der Waals surface area contributed by atoms with Gasteiger partial charge in [-0.3, -0.25) is 9.59 Å². The van der Waals surface area contributed by atoms with Crippen molar-refractivity contribution < 1.29 is 14.7 Å². The molecule has 0 aromatic carbocycles. The van der Waals surface area contributed by atoms with Crippen molar-refractivity contribution in [3.05, 3.63) is 0 Å². The van der Waals surface area contributed by atoms with Crippen molar-refractivity contribution in [2.24, 2.45) is 11.7 Å². The molecule has 5 nitrogen and oxygen atoms in total. The van der Waals surface area contributed by atoms with Gasteiger partial charge in [0, 0.05) is 13.0 Å². The molecule has 4 N–H and O–H groups in total. The molecule has 1 unspecified atom stereocenters. The average Bonchev–Trinajstić information content (AvgIpc) is 2.35. The smallest absolute Gasteiger partial charge is 0.303 e. The van der Waals surface area contributed by atoms with E-state index in [1.54, 1.807) is 0 Å². The summed E-state index contributed by atoms with van der Waals surface area (Å²) in [4.78, 5) is 21.9. The summed E-state index contributed by atoms with van der Waals surface area (Å²) < 4.78 is 0. The summed E-state index contributed by atoms with van der Waals surface area (Å²) in [5.74, 6) is -0.640. The Morgan fingerprint density at radius 1 is 1.22 bits per heavy atom. The number of aliphatic carboxylic acids is 1. The van der Waals surface area contributed by atoms with Crippen molar-refractivity contribution in [2.45, 2.75) is 58.4 Å². The molecule has 0 saturated carbocycles. The first kappa shape index (κ1) is 16.9. The van der Waals surface area contributed by atoms with Crippen molar-refractivity contribution in [3.8, 4) is 0 Å². The normalized spacial score (nSPS) is 13.9. The van der Waals surface area contributed by atoms with Gasteiger partial charge in [0.1, 0.15) is 0 Å². The van der Waals surface area contributed by atoms with Gasteiger partial charge in [-0.25, -0.2) is 0 Å². The highest BCUT2D eigenvalue weighted by molar-refractivity contribution is 5.81. The molecule has 0 aliphatic rings. The van der Waals surface area contributed by atoms with Crippen LogP contribution >= 0.6 is 0 Å². The summed E-state index contributed by atoms with van der Waals surface area (Å²) >= 11 is 0. The zero-order chi connectivity index (χ0) is 14.0. The van der Waals surface area contributed by atoms with E-state index in [4.69, 9.17) is 10.8 Å². The maximum absolute atomic E-state index is 11.6. The minimum atomic E-state index is -0.747. The van der Waals surface area contributed by atoms with E-state index in [9.17, 15) is 9.59 Å². The van der Waals surface area contributed by atoms with E-state index >= 15 is 0 Å². The Hall–Kier alpha value is -1.10. The van der Waals surface area contributed by atoms with Crippen molar-refractivity contribution in [3.63, 3.8) is 0 Å². The second-order valence-corrected chi connectivity index (χ2v) is 4.76. The van der Waals surface area contributed by atoms with E-state index in [2.05, 4.69) is 5.32 Å². The largest absolute Gasteiger partial charge is 0.481 e. The van der Waals surface area contributed by atoms with Crippen LogP contribution in [-0.2, 0) is 9.59 Å². The Labute approximate surface area is 109 Å². The zero-order valence-corrected chi connectivity index (χ0v) is 11.4. The number of carbonyl (C=O) groups is 2. The molecule has 0 aromatic heterocycles. The van der Waals surface area contributed by atoms with Crippen LogP contribution in [-0.4, -0.2) is 29.6 Å². The molecule has 0 saturated heterocycles. The van der Waals surface area contributed by atoms with Crippen LogP contribution in [0.2, 0.25) is 0 Å². The number of carboxylic acids is 1. The molecular weight excluding hydrogens is 232 g/mol. The van der Waals surface area contributed by atoms with Crippen LogP contribution in [0.5, 0.6) is 0 Å². The van der Waals surface area contributed by atoms with E-state index in [0.717, 1.165) is 25.7 Å². The molecule has 0 aliphatic carbocycles. The fraction of sp³-hybridized carbons (Fsp3) is 0.846. The van der Waals surface area contributed by atoms with Gasteiger partial charge in [-0.1, -0.05) is 33.1 Å². The molecule has 106 valence electrons. The number of carbonyl (C=O) groups excluding carboxylic acids is 1. The van der Waals surface area contributed by atoms with Gasteiger partial charge in [0.2, 0.25) is 5.91 Å². The van der Waals surface area contributed by atoms with Crippen LogP contribution in [0.1, 0.15) is 52.4 Å². The fourth-order valence-electron chi connectivity index (χ4n) is 1.60. The molecular formula is C13H26N2O3. The van der Waals surface area contributed by atoms with Crippen molar-refractivity contribution >= 4 is 11.9 Å². The minimum Gasteiger partial charge on any atom is -0.481 e. The molecule has 0 spiro atoms. The van der Waals surface area contributed by atoms with Gasteiger partial charge in [-0.2, -0.15) is 0 Å². The second-order valence-electron chi connectivity index (χ2n) is 4.76. The number of hydrogen-bond donors (Lipinski definition) is 3. The van der Waals surface area contributed by atoms with Gasteiger partial charge < -0.3 is 16.2 Å². The maximum Gasteiger partial charge on any atom is 0.303 e. The first-order valence-electron chi connectivity index (χ1n) is 6.74. The Kier molecular flexibility index (Phi) is 9.28. The number of amides is 1. The number of rotatable bonds is 10. The average molecular weight is 258 g/mol. The molecule has 1 amide bonds. The molecule has 0 aliphatic heterocycles. The first-order chi connectivity index (χ1) is 8.49. The van der Waals surface area contributed by atoms with Gasteiger partial charge >= 0.3 is 5.97 Å². The third kappa shape index (κ3) is 8.06. The van der Waals surface area contributed by atoms with E-state index in [-0.39, 0.29) is 18.2 Å². The molecule has 0 heterocycles. The molecule has 0 radical (unpaired) electrons. The monoisotopic (exact) mass is 258 g/mol.